The molecule has 10 heteroatoms. The normalized spacial score (nSPS) is 15.2. The highest BCUT2D eigenvalue weighted by Crippen LogP contribution is 2.32. The third-order valence-electron chi connectivity index (χ3n) is 5.82. The van der Waals surface area contributed by atoms with E-state index in [1.807, 2.05) is 6.20 Å². The summed E-state index contributed by atoms with van der Waals surface area (Å²) < 4.78 is 41.5. The first-order chi connectivity index (χ1) is 16.5. The molecule has 0 bridgehead atoms. The molecule has 3 heterocycles. The maximum atomic E-state index is 12.8. The van der Waals surface area contributed by atoms with Crippen molar-refractivity contribution in [3.8, 4) is 11.5 Å². The van der Waals surface area contributed by atoms with Crippen LogP contribution in [0.15, 0.2) is 53.6 Å². The number of hydrogen-bond acceptors (Lipinski definition) is 6. The number of fused-ring (bicyclic) bond motifs is 2. The standard InChI is InChI=1S/C24H26N4O5S/c29-24(25-15-19-16-28-11-2-1-4-23(28)26-19)17-5-7-18(8-6-17)27-34(30,31)20-9-10-21-22(14-20)33-13-3-12-32-21/h5-10,14,16,27H,1-4,11-13,15H2,(H,25,29). The maximum Gasteiger partial charge on any atom is 0.262 e. The molecule has 1 aromatic heterocycles. The van der Waals surface area contributed by atoms with Gasteiger partial charge in [-0.15, -0.1) is 0 Å². The lowest BCUT2D eigenvalue weighted by Gasteiger charge is -2.12. The second-order valence-corrected chi connectivity index (χ2v) is 10.0. The van der Waals surface area contributed by atoms with Crippen LogP contribution in [0.5, 0.6) is 11.5 Å². The SMILES string of the molecule is O=C(NCc1cn2c(n1)CCCC2)c1ccc(NS(=O)(=O)c2ccc3c(c2)OCCCO3)cc1. The number of anilines is 1. The Hall–Kier alpha value is -3.53. The summed E-state index contributed by atoms with van der Waals surface area (Å²) in [6.45, 7) is 2.31. The number of aryl methyl sites for hydroxylation is 2. The second kappa shape index (κ2) is 9.38. The summed E-state index contributed by atoms with van der Waals surface area (Å²) in [7, 11) is -3.84. The average Bonchev–Trinajstić information content (AvgIpc) is 3.11. The van der Waals surface area contributed by atoms with Crippen LogP contribution < -0.4 is 19.5 Å². The molecule has 178 valence electrons. The van der Waals surface area contributed by atoms with E-state index in [4.69, 9.17) is 9.47 Å². The molecule has 2 aliphatic heterocycles. The van der Waals surface area contributed by atoms with Crippen molar-refractivity contribution in [3.05, 3.63) is 65.7 Å². The summed E-state index contributed by atoms with van der Waals surface area (Å²) >= 11 is 0. The Morgan fingerprint density at radius 2 is 1.79 bits per heavy atom. The molecule has 0 unspecified atom stereocenters. The Balaban J connectivity index is 1.22. The first-order valence-electron chi connectivity index (χ1n) is 11.3. The van der Waals surface area contributed by atoms with E-state index in [1.54, 1.807) is 30.3 Å². The maximum absolute atomic E-state index is 12.8. The van der Waals surface area contributed by atoms with Gasteiger partial charge < -0.3 is 19.4 Å². The van der Waals surface area contributed by atoms with Crippen LogP contribution in [-0.4, -0.2) is 37.1 Å². The van der Waals surface area contributed by atoms with Crippen LogP contribution in [0.3, 0.4) is 0 Å². The highest BCUT2D eigenvalue weighted by atomic mass is 32.2. The number of carbonyl (C=O) groups is 1. The highest BCUT2D eigenvalue weighted by molar-refractivity contribution is 7.92. The number of benzene rings is 2. The molecule has 9 nitrogen and oxygen atoms in total. The van der Waals surface area contributed by atoms with Gasteiger partial charge in [0.25, 0.3) is 15.9 Å². The van der Waals surface area contributed by atoms with Gasteiger partial charge in [-0.05, 0) is 49.2 Å². The zero-order valence-electron chi connectivity index (χ0n) is 18.6. The number of sulfonamides is 1. The van der Waals surface area contributed by atoms with Gasteiger partial charge in [0.15, 0.2) is 11.5 Å². The smallest absolute Gasteiger partial charge is 0.262 e. The summed E-state index contributed by atoms with van der Waals surface area (Å²) in [5.41, 5.74) is 1.62. The van der Waals surface area contributed by atoms with Crippen molar-refractivity contribution in [2.45, 2.75) is 43.7 Å². The van der Waals surface area contributed by atoms with Crippen LogP contribution in [0.25, 0.3) is 0 Å². The largest absolute Gasteiger partial charge is 0.490 e. The third-order valence-corrected chi connectivity index (χ3v) is 7.20. The van der Waals surface area contributed by atoms with Crippen LogP contribution in [0.4, 0.5) is 5.69 Å². The van der Waals surface area contributed by atoms with Gasteiger partial charge in [0.2, 0.25) is 0 Å². The zero-order valence-corrected chi connectivity index (χ0v) is 19.4. The van der Waals surface area contributed by atoms with Gasteiger partial charge in [0.05, 0.1) is 30.3 Å². The Kier molecular flexibility index (Phi) is 6.14. The molecule has 2 aliphatic rings. The Labute approximate surface area is 198 Å². The lowest BCUT2D eigenvalue weighted by atomic mass is 10.2. The molecule has 1 amide bonds. The summed E-state index contributed by atoms with van der Waals surface area (Å²) in [6, 6.07) is 10.8. The average molecular weight is 483 g/mol. The van der Waals surface area contributed by atoms with Crippen molar-refractivity contribution in [2.24, 2.45) is 0 Å². The topological polar surface area (TPSA) is 112 Å². The van der Waals surface area contributed by atoms with Crippen molar-refractivity contribution < 1.29 is 22.7 Å². The van der Waals surface area contributed by atoms with E-state index in [2.05, 4.69) is 19.6 Å². The van der Waals surface area contributed by atoms with Crippen LogP contribution in [0.1, 0.15) is 41.1 Å². The molecule has 0 saturated heterocycles. The molecular weight excluding hydrogens is 456 g/mol. The van der Waals surface area contributed by atoms with E-state index >= 15 is 0 Å². The number of imidazole rings is 1. The first-order valence-corrected chi connectivity index (χ1v) is 12.8. The molecule has 0 aliphatic carbocycles. The third kappa shape index (κ3) is 4.86. The van der Waals surface area contributed by atoms with Crippen LogP contribution in [0.2, 0.25) is 0 Å². The molecule has 34 heavy (non-hydrogen) atoms. The van der Waals surface area contributed by atoms with Gasteiger partial charge in [-0.3, -0.25) is 9.52 Å². The van der Waals surface area contributed by atoms with Crippen LogP contribution in [0, 0.1) is 0 Å². The van der Waals surface area contributed by atoms with Gasteiger partial charge in [-0.25, -0.2) is 13.4 Å². The predicted molar refractivity (Wildman–Crippen MR) is 126 cm³/mol. The quantitative estimate of drug-likeness (QED) is 0.559. The fourth-order valence-electron chi connectivity index (χ4n) is 4.04. The molecule has 3 aromatic rings. The van der Waals surface area contributed by atoms with Gasteiger partial charge in [-0.1, -0.05) is 0 Å². The van der Waals surface area contributed by atoms with Crippen LogP contribution >= 0.6 is 0 Å². The number of ether oxygens (including phenoxy) is 2. The highest BCUT2D eigenvalue weighted by Gasteiger charge is 2.19. The molecule has 2 N–H and O–H groups in total. The predicted octanol–water partition coefficient (Wildman–Crippen LogP) is 3.11. The summed E-state index contributed by atoms with van der Waals surface area (Å²) in [5.74, 6) is 1.76. The molecule has 0 spiro atoms. The van der Waals surface area contributed by atoms with Crippen molar-refractivity contribution in [1.82, 2.24) is 14.9 Å². The van der Waals surface area contributed by atoms with E-state index in [9.17, 15) is 13.2 Å². The minimum Gasteiger partial charge on any atom is -0.490 e. The minimum atomic E-state index is -3.84. The molecule has 0 radical (unpaired) electrons. The van der Waals surface area contributed by atoms with E-state index in [0.717, 1.165) is 43.7 Å². The van der Waals surface area contributed by atoms with E-state index < -0.39 is 10.0 Å². The van der Waals surface area contributed by atoms with Crippen LogP contribution in [-0.2, 0) is 29.5 Å². The number of aromatic nitrogens is 2. The minimum absolute atomic E-state index is 0.0707. The number of carbonyl (C=O) groups excluding carboxylic acids is 1. The number of hydrogen-bond donors (Lipinski definition) is 2. The van der Waals surface area contributed by atoms with Crippen molar-refractivity contribution >= 4 is 21.6 Å². The van der Waals surface area contributed by atoms with Crippen molar-refractivity contribution in [1.29, 1.82) is 0 Å². The van der Waals surface area contributed by atoms with Gasteiger partial charge in [0.1, 0.15) is 5.82 Å². The Morgan fingerprint density at radius 3 is 2.59 bits per heavy atom. The van der Waals surface area contributed by atoms with Gasteiger partial charge in [-0.2, -0.15) is 0 Å². The zero-order chi connectivity index (χ0) is 23.5. The summed E-state index contributed by atoms with van der Waals surface area (Å²) in [5, 5.41) is 2.87. The summed E-state index contributed by atoms with van der Waals surface area (Å²) in [4.78, 5) is 17.2. The van der Waals surface area contributed by atoms with E-state index in [-0.39, 0.29) is 10.8 Å². The first kappa shape index (κ1) is 22.3. The summed E-state index contributed by atoms with van der Waals surface area (Å²) in [6.07, 6.45) is 6.00. The molecule has 0 fully saturated rings. The Morgan fingerprint density at radius 1 is 1.00 bits per heavy atom. The lowest BCUT2D eigenvalue weighted by molar-refractivity contribution is 0.0950. The van der Waals surface area contributed by atoms with Gasteiger partial charge >= 0.3 is 0 Å². The molecular formula is C24H26N4O5S. The van der Waals surface area contributed by atoms with E-state index in [1.165, 1.54) is 12.1 Å². The Bertz CT molecular complexity index is 1280. The lowest BCUT2D eigenvalue weighted by Crippen LogP contribution is -2.23. The van der Waals surface area contributed by atoms with E-state index in [0.29, 0.717) is 42.5 Å². The van der Waals surface area contributed by atoms with Crippen molar-refractivity contribution in [2.75, 3.05) is 17.9 Å². The van der Waals surface area contributed by atoms with Crippen molar-refractivity contribution in [3.63, 3.8) is 0 Å². The fraction of sp³-hybridized carbons (Fsp3) is 0.333. The number of rotatable bonds is 6. The van der Waals surface area contributed by atoms with Gasteiger partial charge in [0, 0.05) is 42.9 Å². The fourth-order valence-corrected chi connectivity index (χ4v) is 5.12. The molecule has 2 aromatic carbocycles. The molecule has 0 saturated carbocycles. The molecule has 0 atom stereocenters. The number of nitrogens with zero attached hydrogens (tertiary/aromatic N) is 2. The second-order valence-electron chi connectivity index (χ2n) is 8.32. The number of amides is 1. The monoisotopic (exact) mass is 482 g/mol. The molecule has 5 rings (SSSR count). The number of nitrogens with one attached hydrogen (secondary N) is 2.